The summed E-state index contributed by atoms with van der Waals surface area (Å²) in [6, 6.07) is 9.21. The fourth-order valence-corrected chi connectivity index (χ4v) is 1.40. The Morgan fingerprint density at radius 1 is 1.60 bits per heavy atom. The fourth-order valence-electron chi connectivity index (χ4n) is 1.40. The van der Waals surface area contributed by atoms with Crippen LogP contribution < -0.4 is 0 Å². The summed E-state index contributed by atoms with van der Waals surface area (Å²) < 4.78 is 4.62. The first-order chi connectivity index (χ1) is 7.22. The van der Waals surface area contributed by atoms with Gasteiger partial charge in [0.15, 0.2) is 0 Å². The number of ether oxygens (including phenoxy) is 1. The number of hydrogen-bond donors (Lipinski definition) is 0. The van der Waals surface area contributed by atoms with Crippen molar-refractivity contribution in [1.29, 1.82) is 5.26 Å². The minimum atomic E-state index is -0.371. The van der Waals surface area contributed by atoms with Crippen LogP contribution in [0.15, 0.2) is 24.3 Å². The number of benzene rings is 1. The molecule has 0 fully saturated rings. The molecule has 0 aliphatic rings. The molecule has 0 aromatic heterocycles. The van der Waals surface area contributed by atoms with Crippen molar-refractivity contribution in [2.45, 2.75) is 19.3 Å². The Hall–Kier alpha value is -1.82. The summed E-state index contributed by atoms with van der Waals surface area (Å²) in [6.45, 7) is 1.94. The van der Waals surface area contributed by atoms with Crippen molar-refractivity contribution in [2.24, 2.45) is 0 Å². The van der Waals surface area contributed by atoms with Gasteiger partial charge in [0.1, 0.15) is 0 Å². The quantitative estimate of drug-likeness (QED) is 0.709. The van der Waals surface area contributed by atoms with Gasteiger partial charge in [-0.1, -0.05) is 19.1 Å². The maximum atomic E-state index is 11.3. The monoisotopic (exact) mass is 203 g/mol. The van der Waals surface area contributed by atoms with Gasteiger partial charge in [0.25, 0.3) is 0 Å². The molecular formula is C12H13NO2. The van der Waals surface area contributed by atoms with Crippen molar-refractivity contribution in [2.75, 3.05) is 7.11 Å². The van der Waals surface area contributed by atoms with E-state index in [0.717, 1.165) is 12.0 Å². The molecule has 3 heteroatoms. The predicted molar refractivity (Wildman–Crippen MR) is 56.4 cm³/mol. The van der Waals surface area contributed by atoms with Gasteiger partial charge in [0.2, 0.25) is 0 Å². The third-order valence-electron chi connectivity index (χ3n) is 2.27. The largest absolute Gasteiger partial charge is 0.465 e. The molecule has 1 unspecified atom stereocenters. The highest BCUT2D eigenvalue weighted by molar-refractivity contribution is 5.89. The Bertz CT molecular complexity index is 393. The van der Waals surface area contributed by atoms with Crippen LogP contribution in [0.5, 0.6) is 0 Å². The lowest BCUT2D eigenvalue weighted by Gasteiger charge is -2.07. The molecule has 0 saturated carbocycles. The van der Waals surface area contributed by atoms with Gasteiger partial charge in [-0.2, -0.15) is 5.26 Å². The predicted octanol–water partition coefficient (Wildman–Crippen LogP) is 2.49. The highest BCUT2D eigenvalue weighted by Crippen LogP contribution is 2.19. The van der Waals surface area contributed by atoms with E-state index < -0.39 is 0 Å². The summed E-state index contributed by atoms with van der Waals surface area (Å²) in [6.07, 6.45) is 0.737. The first-order valence-electron chi connectivity index (χ1n) is 4.80. The van der Waals surface area contributed by atoms with E-state index in [1.165, 1.54) is 7.11 Å². The molecule has 3 nitrogen and oxygen atoms in total. The Kier molecular flexibility index (Phi) is 3.87. The van der Waals surface area contributed by atoms with E-state index in [4.69, 9.17) is 5.26 Å². The second kappa shape index (κ2) is 5.16. The molecule has 1 rings (SSSR count). The van der Waals surface area contributed by atoms with Crippen molar-refractivity contribution in [3.63, 3.8) is 0 Å². The van der Waals surface area contributed by atoms with Crippen LogP contribution in [0.2, 0.25) is 0 Å². The third kappa shape index (κ3) is 2.57. The lowest BCUT2D eigenvalue weighted by atomic mass is 9.96. The van der Waals surface area contributed by atoms with Crippen LogP contribution in [0.3, 0.4) is 0 Å². The molecule has 0 spiro atoms. The average molecular weight is 203 g/mol. The summed E-state index contributed by atoms with van der Waals surface area (Å²) in [4.78, 5) is 11.3. The summed E-state index contributed by atoms with van der Waals surface area (Å²) in [5.74, 6) is -0.528. The Balaban J connectivity index is 3.02. The molecule has 0 saturated heterocycles. The third-order valence-corrected chi connectivity index (χ3v) is 2.27. The number of rotatable bonds is 3. The molecule has 1 atom stereocenters. The molecule has 0 heterocycles. The molecular weight excluding hydrogens is 190 g/mol. The smallest absolute Gasteiger partial charge is 0.337 e. The molecule has 0 aliphatic carbocycles. The van der Waals surface area contributed by atoms with Gasteiger partial charge in [0.05, 0.1) is 24.7 Å². The van der Waals surface area contributed by atoms with Crippen LogP contribution in [-0.4, -0.2) is 13.1 Å². The van der Waals surface area contributed by atoms with E-state index in [1.807, 2.05) is 13.0 Å². The van der Waals surface area contributed by atoms with Crippen LogP contribution in [0, 0.1) is 11.3 Å². The summed E-state index contributed by atoms with van der Waals surface area (Å²) in [5, 5.41) is 8.90. The minimum absolute atomic E-state index is 0.158. The first kappa shape index (κ1) is 11.3. The van der Waals surface area contributed by atoms with Crippen LogP contribution in [0.1, 0.15) is 35.2 Å². The number of hydrogen-bond acceptors (Lipinski definition) is 3. The van der Waals surface area contributed by atoms with E-state index >= 15 is 0 Å². The molecule has 0 N–H and O–H groups in total. The van der Waals surface area contributed by atoms with E-state index in [1.54, 1.807) is 18.2 Å². The molecule has 15 heavy (non-hydrogen) atoms. The van der Waals surface area contributed by atoms with E-state index in [0.29, 0.717) is 5.56 Å². The number of carbonyl (C=O) groups is 1. The molecule has 0 radical (unpaired) electrons. The number of methoxy groups -OCH3 is 1. The van der Waals surface area contributed by atoms with Crippen LogP contribution >= 0.6 is 0 Å². The van der Waals surface area contributed by atoms with Gasteiger partial charge in [-0.25, -0.2) is 4.79 Å². The van der Waals surface area contributed by atoms with Crippen molar-refractivity contribution >= 4 is 5.97 Å². The normalized spacial score (nSPS) is 11.5. The van der Waals surface area contributed by atoms with Crippen molar-refractivity contribution in [3.05, 3.63) is 35.4 Å². The number of esters is 1. The Morgan fingerprint density at radius 2 is 2.33 bits per heavy atom. The van der Waals surface area contributed by atoms with E-state index in [9.17, 15) is 4.79 Å². The van der Waals surface area contributed by atoms with Gasteiger partial charge >= 0.3 is 5.97 Å². The van der Waals surface area contributed by atoms with Gasteiger partial charge in [-0.3, -0.25) is 0 Å². The van der Waals surface area contributed by atoms with Crippen LogP contribution in [0.4, 0.5) is 0 Å². The van der Waals surface area contributed by atoms with Crippen molar-refractivity contribution in [1.82, 2.24) is 0 Å². The summed E-state index contributed by atoms with van der Waals surface area (Å²) in [5.41, 5.74) is 1.35. The lowest BCUT2D eigenvalue weighted by Crippen LogP contribution is -2.03. The first-order valence-corrected chi connectivity index (χ1v) is 4.80. The highest BCUT2D eigenvalue weighted by Gasteiger charge is 2.11. The number of nitrogens with zero attached hydrogens (tertiary/aromatic N) is 1. The molecule has 1 aromatic carbocycles. The zero-order valence-electron chi connectivity index (χ0n) is 8.86. The topological polar surface area (TPSA) is 50.1 Å². The number of carbonyl (C=O) groups excluding carboxylic acids is 1. The molecule has 0 aliphatic heterocycles. The van der Waals surface area contributed by atoms with Crippen LogP contribution in [0.25, 0.3) is 0 Å². The zero-order chi connectivity index (χ0) is 11.3. The Morgan fingerprint density at radius 3 is 2.87 bits per heavy atom. The molecule has 0 amide bonds. The second-order valence-electron chi connectivity index (χ2n) is 3.21. The van der Waals surface area contributed by atoms with Crippen molar-refractivity contribution < 1.29 is 9.53 Å². The standard InChI is InChI=1S/C12H13NO2/c1-3-9(8-13)10-5-4-6-11(7-10)12(14)15-2/h4-7,9H,3H2,1-2H3. The van der Waals surface area contributed by atoms with Gasteiger partial charge < -0.3 is 4.74 Å². The number of nitriles is 1. The molecule has 0 bridgehead atoms. The van der Waals surface area contributed by atoms with E-state index in [-0.39, 0.29) is 11.9 Å². The van der Waals surface area contributed by atoms with Gasteiger partial charge in [0, 0.05) is 0 Å². The maximum Gasteiger partial charge on any atom is 0.337 e. The average Bonchev–Trinajstić information content (AvgIpc) is 2.30. The lowest BCUT2D eigenvalue weighted by molar-refractivity contribution is 0.0600. The van der Waals surface area contributed by atoms with Gasteiger partial charge in [-0.15, -0.1) is 0 Å². The second-order valence-corrected chi connectivity index (χ2v) is 3.21. The minimum Gasteiger partial charge on any atom is -0.465 e. The zero-order valence-corrected chi connectivity index (χ0v) is 8.86. The maximum absolute atomic E-state index is 11.3. The summed E-state index contributed by atoms with van der Waals surface area (Å²) >= 11 is 0. The fraction of sp³-hybridized carbons (Fsp3) is 0.333. The van der Waals surface area contributed by atoms with Crippen molar-refractivity contribution in [3.8, 4) is 6.07 Å². The summed E-state index contributed by atoms with van der Waals surface area (Å²) in [7, 11) is 1.34. The highest BCUT2D eigenvalue weighted by atomic mass is 16.5. The SMILES string of the molecule is CCC(C#N)c1cccc(C(=O)OC)c1. The van der Waals surface area contributed by atoms with Gasteiger partial charge in [-0.05, 0) is 24.1 Å². The van der Waals surface area contributed by atoms with E-state index in [2.05, 4.69) is 10.8 Å². The molecule has 1 aromatic rings. The van der Waals surface area contributed by atoms with Crippen LogP contribution in [-0.2, 0) is 4.74 Å². The molecule has 78 valence electrons. The Labute approximate surface area is 89.3 Å².